The molecule has 0 spiro atoms. The van der Waals surface area contributed by atoms with Crippen LogP contribution in [0.5, 0.6) is 5.75 Å². The molecule has 0 unspecified atom stereocenters. The molecule has 0 saturated heterocycles. The monoisotopic (exact) mass is 351 g/mol. The third kappa shape index (κ3) is 4.80. The van der Waals surface area contributed by atoms with Gasteiger partial charge in [-0.15, -0.1) is 0 Å². The molecule has 0 aromatic heterocycles. The summed E-state index contributed by atoms with van der Waals surface area (Å²) >= 11 is 0. The Balaban J connectivity index is 2.00. The van der Waals surface area contributed by atoms with Crippen LogP contribution in [0.4, 0.5) is 14.5 Å². The molecule has 2 aromatic rings. The largest absolute Gasteiger partial charge is 0.454 e. The van der Waals surface area contributed by atoms with E-state index in [2.05, 4.69) is 4.74 Å². The fourth-order valence-electron chi connectivity index (χ4n) is 1.92. The van der Waals surface area contributed by atoms with Crippen molar-refractivity contribution in [3.05, 3.63) is 69.8 Å². The number of nitro groups is 1. The highest BCUT2D eigenvalue weighted by Gasteiger charge is 2.21. The predicted octanol–water partition coefficient (Wildman–Crippen LogP) is 3.24. The number of ketones is 1. The molecular weight excluding hydrogens is 340 g/mol. The SMILES string of the molecule is O=C(COC(=O)c1ccccc1[N+](=O)[O-])c1ccc(OC(F)F)cc1. The van der Waals surface area contributed by atoms with Crippen molar-refractivity contribution < 1.29 is 32.8 Å². The van der Waals surface area contributed by atoms with Gasteiger partial charge in [0.2, 0.25) is 0 Å². The fraction of sp³-hybridized carbons (Fsp3) is 0.125. The summed E-state index contributed by atoms with van der Waals surface area (Å²) in [5.41, 5.74) is -0.605. The lowest BCUT2D eigenvalue weighted by molar-refractivity contribution is -0.385. The van der Waals surface area contributed by atoms with Crippen LogP contribution in [0.1, 0.15) is 20.7 Å². The quantitative estimate of drug-likeness (QED) is 0.329. The van der Waals surface area contributed by atoms with E-state index in [1.807, 2.05) is 0 Å². The first-order chi connectivity index (χ1) is 11.9. The number of nitro benzene ring substituents is 1. The lowest BCUT2D eigenvalue weighted by Gasteiger charge is -2.06. The molecule has 0 aliphatic heterocycles. The van der Waals surface area contributed by atoms with E-state index in [1.165, 1.54) is 42.5 Å². The maximum atomic E-state index is 12.0. The zero-order chi connectivity index (χ0) is 18.4. The van der Waals surface area contributed by atoms with Gasteiger partial charge in [-0.2, -0.15) is 8.78 Å². The second kappa shape index (κ2) is 7.95. The van der Waals surface area contributed by atoms with E-state index in [4.69, 9.17) is 4.74 Å². The first-order valence-electron chi connectivity index (χ1n) is 6.87. The van der Waals surface area contributed by atoms with Crippen molar-refractivity contribution >= 4 is 17.4 Å². The van der Waals surface area contributed by atoms with Crippen molar-refractivity contribution in [2.45, 2.75) is 6.61 Å². The summed E-state index contributed by atoms with van der Waals surface area (Å²) in [5.74, 6) is -1.74. The number of benzene rings is 2. The Morgan fingerprint density at radius 2 is 1.72 bits per heavy atom. The lowest BCUT2D eigenvalue weighted by Crippen LogP contribution is -2.15. The molecule has 0 saturated carbocycles. The van der Waals surface area contributed by atoms with Crippen LogP contribution in [0, 0.1) is 10.1 Å². The maximum absolute atomic E-state index is 12.0. The number of carbonyl (C=O) groups excluding carboxylic acids is 2. The van der Waals surface area contributed by atoms with Crippen molar-refractivity contribution in [2.75, 3.05) is 6.61 Å². The van der Waals surface area contributed by atoms with Crippen molar-refractivity contribution in [3.63, 3.8) is 0 Å². The number of hydrogen-bond acceptors (Lipinski definition) is 6. The van der Waals surface area contributed by atoms with E-state index >= 15 is 0 Å². The summed E-state index contributed by atoms with van der Waals surface area (Å²) in [4.78, 5) is 34.0. The van der Waals surface area contributed by atoms with Crippen LogP contribution in [-0.2, 0) is 4.74 Å². The first kappa shape index (κ1) is 18.0. The molecule has 7 nitrogen and oxygen atoms in total. The van der Waals surface area contributed by atoms with Crippen molar-refractivity contribution in [3.8, 4) is 5.75 Å². The molecule has 0 atom stereocenters. The topological polar surface area (TPSA) is 95.7 Å². The number of alkyl halides is 2. The van der Waals surface area contributed by atoms with Crippen molar-refractivity contribution in [2.24, 2.45) is 0 Å². The average molecular weight is 351 g/mol. The second-order valence-electron chi connectivity index (χ2n) is 4.68. The van der Waals surface area contributed by atoms with Gasteiger partial charge in [-0.25, -0.2) is 4.79 Å². The van der Waals surface area contributed by atoms with E-state index < -0.39 is 35.6 Å². The summed E-state index contributed by atoms with van der Waals surface area (Å²) in [7, 11) is 0. The van der Waals surface area contributed by atoms with E-state index in [1.54, 1.807) is 0 Å². The number of halogens is 2. The Morgan fingerprint density at radius 3 is 2.32 bits per heavy atom. The Morgan fingerprint density at radius 1 is 1.08 bits per heavy atom. The van der Waals surface area contributed by atoms with Gasteiger partial charge in [0, 0.05) is 11.6 Å². The molecule has 2 rings (SSSR count). The van der Waals surface area contributed by atoms with Gasteiger partial charge in [-0.05, 0) is 30.3 Å². The smallest absolute Gasteiger partial charge is 0.387 e. The first-order valence-corrected chi connectivity index (χ1v) is 6.87. The van der Waals surface area contributed by atoms with E-state index in [0.717, 1.165) is 6.07 Å². The summed E-state index contributed by atoms with van der Waals surface area (Å²) in [5, 5.41) is 10.9. The van der Waals surface area contributed by atoms with Crippen LogP contribution < -0.4 is 4.74 Å². The number of carbonyl (C=O) groups is 2. The number of rotatable bonds is 7. The highest BCUT2D eigenvalue weighted by atomic mass is 19.3. The fourth-order valence-corrected chi connectivity index (χ4v) is 1.92. The average Bonchev–Trinajstić information content (AvgIpc) is 2.59. The third-order valence-corrected chi connectivity index (χ3v) is 3.06. The molecule has 0 bridgehead atoms. The lowest BCUT2D eigenvalue weighted by atomic mass is 10.1. The second-order valence-corrected chi connectivity index (χ2v) is 4.68. The van der Waals surface area contributed by atoms with Gasteiger partial charge in [0.1, 0.15) is 11.3 Å². The number of nitrogens with zero attached hydrogens (tertiary/aromatic N) is 1. The van der Waals surface area contributed by atoms with Crippen LogP contribution in [-0.4, -0.2) is 29.9 Å². The molecule has 2 aromatic carbocycles. The molecule has 130 valence electrons. The van der Waals surface area contributed by atoms with Crippen molar-refractivity contribution in [1.29, 1.82) is 0 Å². The number of esters is 1. The number of Topliss-reactive ketones (excluding diaryl/α,β-unsaturated/α-hetero) is 1. The molecule has 0 aliphatic carbocycles. The molecule has 0 heterocycles. The van der Waals surface area contributed by atoms with Gasteiger partial charge in [0.25, 0.3) is 5.69 Å². The predicted molar refractivity (Wildman–Crippen MR) is 80.8 cm³/mol. The molecule has 25 heavy (non-hydrogen) atoms. The molecule has 9 heteroatoms. The number of ether oxygens (including phenoxy) is 2. The molecule has 0 radical (unpaired) electrons. The van der Waals surface area contributed by atoms with Gasteiger partial charge in [0.15, 0.2) is 12.4 Å². The van der Waals surface area contributed by atoms with E-state index in [9.17, 15) is 28.5 Å². The van der Waals surface area contributed by atoms with Gasteiger partial charge < -0.3 is 9.47 Å². The Labute approximate surface area is 139 Å². The summed E-state index contributed by atoms with van der Waals surface area (Å²) in [6, 6.07) is 9.97. The molecular formula is C16H11F2NO6. The highest BCUT2D eigenvalue weighted by molar-refractivity contribution is 6.00. The number of para-hydroxylation sites is 1. The standard InChI is InChI=1S/C16H11F2NO6/c17-16(18)25-11-7-5-10(6-8-11)14(20)9-24-15(21)12-3-1-2-4-13(12)19(22)23/h1-8,16H,9H2. The summed E-state index contributed by atoms with van der Waals surface area (Å²) in [6.07, 6.45) is 0. The van der Waals surface area contributed by atoms with E-state index in [-0.39, 0.29) is 16.9 Å². The van der Waals surface area contributed by atoms with Crippen LogP contribution in [0.3, 0.4) is 0 Å². The van der Waals surface area contributed by atoms with E-state index in [0.29, 0.717) is 0 Å². The van der Waals surface area contributed by atoms with Crippen molar-refractivity contribution in [1.82, 2.24) is 0 Å². The third-order valence-electron chi connectivity index (χ3n) is 3.06. The minimum Gasteiger partial charge on any atom is -0.454 e. The van der Waals surface area contributed by atoms with Gasteiger partial charge in [0.05, 0.1) is 4.92 Å². The number of hydrogen-bond donors (Lipinski definition) is 0. The molecule has 0 aliphatic rings. The molecule has 0 N–H and O–H groups in total. The van der Waals surface area contributed by atoms with Crippen LogP contribution >= 0.6 is 0 Å². The minimum atomic E-state index is -2.98. The highest BCUT2D eigenvalue weighted by Crippen LogP contribution is 2.19. The van der Waals surface area contributed by atoms with Gasteiger partial charge in [-0.1, -0.05) is 12.1 Å². The Bertz CT molecular complexity index is 791. The normalized spacial score (nSPS) is 10.4. The molecule has 0 amide bonds. The maximum Gasteiger partial charge on any atom is 0.387 e. The van der Waals surface area contributed by atoms with Gasteiger partial charge in [-0.3, -0.25) is 14.9 Å². The zero-order valence-corrected chi connectivity index (χ0v) is 12.6. The Hall–Kier alpha value is -3.36. The minimum absolute atomic E-state index is 0.108. The molecule has 0 fully saturated rings. The summed E-state index contributed by atoms with van der Waals surface area (Å²) < 4.78 is 33.0. The van der Waals surface area contributed by atoms with Gasteiger partial charge >= 0.3 is 12.6 Å². The Kier molecular flexibility index (Phi) is 5.72. The van der Waals surface area contributed by atoms with Crippen LogP contribution in [0.15, 0.2) is 48.5 Å². The summed E-state index contributed by atoms with van der Waals surface area (Å²) in [6.45, 7) is -3.64. The van der Waals surface area contributed by atoms with Crippen LogP contribution in [0.25, 0.3) is 0 Å². The zero-order valence-electron chi connectivity index (χ0n) is 12.6. The van der Waals surface area contributed by atoms with Crippen LogP contribution in [0.2, 0.25) is 0 Å².